The zero-order valence-electron chi connectivity index (χ0n) is 16.7. The van der Waals surface area contributed by atoms with Gasteiger partial charge in [0.25, 0.3) is 5.91 Å². The van der Waals surface area contributed by atoms with E-state index in [-0.39, 0.29) is 13.2 Å². The molecule has 2 heterocycles. The number of fused-ring (bicyclic) bond motifs is 1. The zero-order chi connectivity index (χ0) is 21.7. The molecule has 30 heavy (non-hydrogen) atoms. The summed E-state index contributed by atoms with van der Waals surface area (Å²) >= 11 is 1.25. The maximum absolute atomic E-state index is 12.7. The van der Waals surface area contributed by atoms with Gasteiger partial charge in [0.05, 0.1) is 37.0 Å². The van der Waals surface area contributed by atoms with E-state index in [1.54, 1.807) is 43.0 Å². The molecular weight excluding hydrogens is 406 g/mol. The van der Waals surface area contributed by atoms with Crippen LogP contribution in [-0.2, 0) is 22.4 Å². The van der Waals surface area contributed by atoms with Gasteiger partial charge < -0.3 is 19.7 Å². The Hall–Kier alpha value is -3.38. The van der Waals surface area contributed by atoms with Crippen molar-refractivity contribution in [3.05, 3.63) is 51.4 Å². The highest BCUT2D eigenvalue weighted by atomic mass is 32.1. The molecule has 1 aromatic carbocycles. The highest BCUT2D eigenvalue weighted by Gasteiger charge is 2.31. The first-order chi connectivity index (χ1) is 14.5. The Labute approximate surface area is 178 Å². The topological polar surface area (TPSA) is 109 Å². The normalized spacial score (nSPS) is 12.5. The number of thiophene rings is 1. The summed E-state index contributed by atoms with van der Waals surface area (Å²) in [6, 6.07) is 8.21. The number of ether oxygens (including phenoxy) is 2. The molecule has 0 unspecified atom stereocenters. The van der Waals surface area contributed by atoms with Gasteiger partial charge in [-0.2, -0.15) is 5.26 Å². The maximum atomic E-state index is 12.7. The van der Waals surface area contributed by atoms with Crippen LogP contribution in [0.25, 0.3) is 0 Å². The van der Waals surface area contributed by atoms with E-state index in [1.165, 1.54) is 11.3 Å². The largest absolute Gasteiger partial charge is 0.462 e. The second-order valence-corrected chi connectivity index (χ2v) is 7.55. The van der Waals surface area contributed by atoms with Gasteiger partial charge in [-0.3, -0.25) is 4.79 Å². The minimum Gasteiger partial charge on any atom is -0.462 e. The highest BCUT2D eigenvalue weighted by Crippen LogP contribution is 2.38. The Morgan fingerprint density at radius 3 is 2.50 bits per heavy atom. The predicted molar refractivity (Wildman–Crippen MR) is 111 cm³/mol. The van der Waals surface area contributed by atoms with E-state index in [2.05, 4.69) is 5.32 Å². The summed E-state index contributed by atoms with van der Waals surface area (Å²) in [5, 5.41) is 12.1. The van der Waals surface area contributed by atoms with E-state index in [1.807, 2.05) is 6.07 Å². The molecule has 156 valence electrons. The van der Waals surface area contributed by atoms with Crippen LogP contribution in [0.4, 0.5) is 9.80 Å². The van der Waals surface area contributed by atoms with Gasteiger partial charge in [0.15, 0.2) is 0 Å². The fourth-order valence-electron chi connectivity index (χ4n) is 3.15. The average Bonchev–Trinajstić information content (AvgIpc) is 3.11. The van der Waals surface area contributed by atoms with Gasteiger partial charge in [-0.15, -0.1) is 11.3 Å². The summed E-state index contributed by atoms with van der Waals surface area (Å²) in [4.78, 5) is 39.8. The molecule has 0 aliphatic carbocycles. The van der Waals surface area contributed by atoms with Crippen LogP contribution in [0.1, 0.15) is 50.6 Å². The standard InChI is InChI=1S/C21H21N3O5S/c1-3-28-20(26)17-15-9-10-24(21(27)29-4-2)12-16(15)30-19(17)23-18(25)14-7-5-13(11-22)6-8-14/h5-8H,3-4,9-10,12H2,1-2H3,(H,23,25). The predicted octanol–water partition coefficient (Wildman–Crippen LogP) is 3.56. The van der Waals surface area contributed by atoms with Crippen LogP contribution < -0.4 is 5.32 Å². The molecule has 0 radical (unpaired) electrons. The number of carbonyl (C=O) groups is 3. The molecule has 0 bridgehead atoms. The van der Waals surface area contributed by atoms with Gasteiger partial charge in [0, 0.05) is 17.0 Å². The fraction of sp³-hybridized carbons (Fsp3) is 0.333. The van der Waals surface area contributed by atoms with Crippen LogP contribution >= 0.6 is 11.3 Å². The lowest BCUT2D eigenvalue weighted by atomic mass is 10.0. The summed E-state index contributed by atoms with van der Waals surface area (Å²) in [7, 11) is 0. The van der Waals surface area contributed by atoms with Crippen molar-refractivity contribution >= 4 is 34.3 Å². The van der Waals surface area contributed by atoms with E-state index in [0.29, 0.717) is 41.2 Å². The van der Waals surface area contributed by atoms with Gasteiger partial charge in [-0.1, -0.05) is 0 Å². The number of hydrogen-bond donors (Lipinski definition) is 1. The summed E-state index contributed by atoms with van der Waals surface area (Å²) in [6.07, 6.45) is 0.0586. The third-order valence-electron chi connectivity index (χ3n) is 4.57. The number of carbonyl (C=O) groups excluding carboxylic acids is 3. The number of hydrogen-bond acceptors (Lipinski definition) is 7. The Morgan fingerprint density at radius 1 is 1.17 bits per heavy atom. The second-order valence-electron chi connectivity index (χ2n) is 6.44. The van der Waals surface area contributed by atoms with Crippen molar-refractivity contribution in [3.8, 4) is 6.07 Å². The first-order valence-electron chi connectivity index (χ1n) is 9.53. The number of benzene rings is 1. The molecule has 0 spiro atoms. The lowest BCUT2D eigenvalue weighted by molar-refractivity contribution is 0.0526. The minimum atomic E-state index is -0.505. The lowest BCUT2D eigenvalue weighted by Crippen LogP contribution is -2.36. The summed E-state index contributed by atoms with van der Waals surface area (Å²) in [6.45, 7) is 4.67. The quantitative estimate of drug-likeness (QED) is 0.731. The van der Waals surface area contributed by atoms with Gasteiger partial charge in [0.2, 0.25) is 0 Å². The zero-order valence-corrected chi connectivity index (χ0v) is 17.5. The molecule has 1 aliphatic rings. The van der Waals surface area contributed by atoms with Crippen molar-refractivity contribution in [2.45, 2.75) is 26.8 Å². The minimum absolute atomic E-state index is 0.210. The van der Waals surface area contributed by atoms with E-state index in [4.69, 9.17) is 14.7 Å². The Morgan fingerprint density at radius 2 is 1.87 bits per heavy atom. The number of nitrogens with one attached hydrogen (secondary N) is 1. The van der Waals surface area contributed by atoms with E-state index < -0.39 is 18.0 Å². The Balaban J connectivity index is 1.89. The van der Waals surface area contributed by atoms with Gasteiger partial charge in [-0.25, -0.2) is 9.59 Å². The SMILES string of the molecule is CCOC(=O)c1c(NC(=O)c2ccc(C#N)cc2)sc2c1CCN(C(=O)OCC)C2. The molecule has 2 amide bonds. The van der Waals surface area contributed by atoms with Gasteiger partial charge in [-0.05, 0) is 50.1 Å². The molecular formula is C21H21N3O5S. The third kappa shape index (κ3) is 4.44. The number of nitrogens with zero attached hydrogens (tertiary/aromatic N) is 2. The smallest absolute Gasteiger partial charge is 0.410 e. The number of rotatable bonds is 5. The van der Waals surface area contributed by atoms with Crippen molar-refractivity contribution < 1.29 is 23.9 Å². The molecule has 9 heteroatoms. The van der Waals surface area contributed by atoms with Crippen molar-refractivity contribution in [2.75, 3.05) is 25.1 Å². The van der Waals surface area contributed by atoms with Crippen LogP contribution in [0.15, 0.2) is 24.3 Å². The van der Waals surface area contributed by atoms with E-state index in [0.717, 1.165) is 10.4 Å². The van der Waals surface area contributed by atoms with Crippen LogP contribution in [0, 0.1) is 11.3 Å². The molecule has 8 nitrogen and oxygen atoms in total. The van der Waals surface area contributed by atoms with Crippen LogP contribution in [-0.4, -0.2) is 42.6 Å². The number of anilines is 1. The molecule has 0 fully saturated rings. The Kier molecular flexibility index (Phi) is 6.69. The average molecular weight is 427 g/mol. The fourth-order valence-corrected chi connectivity index (χ4v) is 4.40. The third-order valence-corrected chi connectivity index (χ3v) is 5.70. The highest BCUT2D eigenvalue weighted by molar-refractivity contribution is 7.17. The van der Waals surface area contributed by atoms with Crippen molar-refractivity contribution in [1.82, 2.24) is 4.90 Å². The van der Waals surface area contributed by atoms with Crippen LogP contribution in [0.3, 0.4) is 0 Å². The molecule has 1 aromatic heterocycles. The number of amides is 2. The van der Waals surface area contributed by atoms with Crippen LogP contribution in [0.2, 0.25) is 0 Å². The monoisotopic (exact) mass is 427 g/mol. The summed E-state index contributed by atoms with van der Waals surface area (Å²) in [5.41, 5.74) is 1.93. The first kappa shape index (κ1) is 21.3. The molecule has 0 saturated heterocycles. The van der Waals surface area contributed by atoms with Crippen molar-refractivity contribution in [3.63, 3.8) is 0 Å². The van der Waals surface area contributed by atoms with Gasteiger partial charge in [0.1, 0.15) is 5.00 Å². The molecule has 0 atom stereocenters. The first-order valence-corrected chi connectivity index (χ1v) is 10.3. The molecule has 1 N–H and O–H groups in total. The molecule has 2 aromatic rings. The number of nitriles is 1. The molecule has 3 rings (SSSR count). The summed E-state index contributed by atoms with van der Waals surface area (Å²) in [5.74, 6) is -0.902. The number of esters is 1. The molecule has 0 saturated carbocycles. The summed E-state index contributed by atoms with van der Waals surface area (Å²) < 4.78 is 10.3. The van der Waals surface area contributed by atoms with E-state index >= 15 is 0 Å². The van der Waals surface area contributed by atoms with E-state index in [9.17, 15) is 14.4 Å². The molecule has 1 aliphatic heterocycles. The lowest BCUT2D eigenvalue weighted by Gasteiger charge is -2.26. The Bertz CT molecular complexity index is 1010. The second kappa shape index (κ2) is 9.41. The van der Waals surface area contributed by atoms with Gasteiger partial charge >= 0.3 is 12.1 Å². The van der Waals surface area contributed by atoms with Crippen LogP contribution in [0.5, 0.6) is 0 Å². The maximum Gasteiger partial charge on any atom is 0.410 e. The van der Waals surface area contributed by atoms with Crippen molar-refractivity contribution in [2.24, 2.45) is 0 Å². The van der Waals surface area contributed by atoms with Crippen molar-refractivity contribution in [1.29, 1.82) is 5.26 Å².